The van der Waals surface area contributed by atoms with E-state index >= 15 is 0 Å². The van der Waals surface area contributed by atoms with Crippen LogP contribution in [-0.4, -0.2) is 9.55 Å². The van der Waals surface area contributed by atoms with Crippen LogP contribution in [0, 0.1) is 6.92 Å². The first-order valence-electron chi connectivity index (χ1n) is 8.53. The molecule has 26 heavy (non-hydrogen) atoms. The van der Waals surface area contributed by atoms with E-state index in [1.807, 2.05) is 67.6 Å². The Kier molecular flexibility index (Phi) is 4.01. The van der Waals surface area contributed by atoms with Crippen molar-refractivity contribution in [3.05, 3.63) is 106 Å². The molecule has 0 atom stereocenters. The molecule has 3 aromatic carbocycles. The van der Waals surface area contributed by atoms with Gasteiger partial charge in [-0.1, -0.05) is 60.7 Å². The topological polar surface area (TPSA) is 60.9 Å². The average molecular weight is 341 g/mol. The van der Waals surface area contributed by atoms with Crippen molar-refractivity contribution in [1.82, 2.24) is 9.55 Å². The highest BCUT2D eigenvalue weighted by molar-refractivity contribution is 5.81. The summed E-state index contributed by atoms with van der Waals surface area (Å²) in [4.78, 5) is 18.0. The number of hydrogen-bond acceptors (Lipinski definition) is 3. The third-order valence-electron chi connectivity index (χ3n) is 4.59. The van der Waals surface area contributed by atoms with Crippen LogP contribution in [0.5, 0.6) is 0 Å². The normalized spacial score (nSPS) is 11.2. The van der Waals surface area contributed by atoms with Crippen LogP contribution in [0.15, 0.2) is 83.7 Å². The van der Waals surface area contributed by atoms with Gasteiger partial charge in [-0.2, -0.15) is 0 Å². The molecule has 4 heteroatoms. The molecule has 2 N–H and O–H groups in total. The molecule has 0 aliphatic heterocycles. The van der Waals surface area contributed by atoms with Gasteiger partial charge in [-0.25, -0.2) is 4.98 Å². The first kappa shape index (κ1) is 16.1. The molecule has 0 fully saturated rings. The zero-order chi connectivity index (χ0) is 18.1. The van der Waals surface area contributed by atoms with Crippen molar-refractivity contribution >= 4 is 16.6 Å². The molecule has 0 aliphatic rings. The van der Waals surface area contributed by atoms with Gasteiger partial charge in [0, 0.05) is 5.69 Å². The summed E-state index contributed by atoms with van der Waals surface area (Å²) >= 11 is 0. The van der Waals surface area contributed by atoms with E-state index in [-0.39, 0.29) is 11.6 Å². The second-order valence-corrected chi connectivity index (χ2v) is 6.33. The molecule has 0 aliphatic carbocycles. The van der Waals surface area contributed by atoms with Gasteiger partial charge < -0.3 is 5.73 Å². The van der Waals surface area contributed by atoms with E-state index in [1.54, 1.807) is 22.8 Å². The predicted octanol–water partition coefficient (Wildman–Crippen LogP) is 3.92. The Morgan fingerprint density at radius 1 is 0.885 bits per heavy atom. The lowest BCUT2D eigenvalue weighted by molar-refractivity contribution is 0.620. The first-order chi connectivity index (χ1) is 12.6. The van der Waals surface area contributed by atoms with Crippen molar-refractivity contribution in [2.75, 3.05) is 5.73 Å². The van der Waals surface area contributed by atoms with Crippen molar-refractivity contribution in [3.63, 3.8) is 0 Å². The minimum atomic E-state index is -0.247. The minimum Gasteiger partial charge on any atom is -0.399 e. The van der Waals surface area contributed by atoms with Crippen LogP contribution in [0.4, 0.5) is 5.69 Å². The number of benzene rings is 3. The predicted molar refractivity (Wildman–Crippen MR) is 105 cm³/mol. The highest BCUT2D eigenvalue weighted by Gasteiger charge is 2.21. The Balaban J connectivity index is 2.05. The SMILES string of the molecule is Cc1nc2ccc(N)cc2c(=O)n1C(c1ccccc1)c1ccccc1. The van der Waals surface area contributed by atoms with Gasteiger partial charge in [0.2, 0.25) is 0 Å². The Bertz CT molecular complexity index is 1080. The van der Waals surface area contributed by atoms with Gasteiger partial charge in [-0.15, -0.1) is 0 Å². The summed E-state index contributed by atoms with van der Waals surface area (Å²) in [5, 5.41) is 0.535. The molecular weight excluding hydrogens is 322 g/mol. The number of fused-ring (bicyclic) bond motifs is 1. The van der Waals surface area contributed by atoms with E-state index < -0.39 is 0 Å². The van der Waals surface area contributed by atoms with Crippen LogP contribution >= 0.6 is 0 Å². The largest absolute Gasteiger partial charge is 0.399 e. The monoisotopic (exact) mass is 341 g/mol. The maximum atomic E-state index is 13.4. The highest BCUT2D eigenvalue weighted by Crippen LogP contribution is 2.27. The first-order valence-corrected chi connectivity index (χ1v) is 8.53. The summed E-state index contributed by atoms with van der Waals surface area (Å²) in [5.41, 5.74) is 9.11. The van der Waals surface area contributed by atoms with E-state index in [1.165, 1.54) is 0 Å². The highest BCUT2D eigenvalue weighted by atomic mass is 16.1. The zero-order valence-electron chi connectivity index (χ0n) is 14.5. The van der Waals surface area contributed by atoms with Gasteiger partial charge in [0.1, 0.15) is 5.82 Å². The number of nitrogens with zero attached hydrogens (tertiary/aromatic N) is 2. The lowest BCUT2D eigenvalue weighted by atomic mass is 9.98. The van der Waals surface area contributed by atoms with E-state index in [0.29, 0.717) is 22.4 Å². The molecule has 4 nitrogen and oxygen atoms in total. The fourth-order valence-electron chi connectivity index (χ4n) is 3.39. The van der Waals surface area contributed by atoms with E-state index in [0.717, 1.165) is 11.1 Å². The quantitative estimate of drug-likeness (QED) is 0.575. The fraction of sp³-hybridized carbons (Fsp3) is 0.0909. The molecule has 0 saturated heterocycles. The van der Waals surface area contributed by atoms with Crippen molar-refractivity contribution in [2.45, 2.75) is 13.0 Å². The summed E-state index contributed by atoms with van der Waals surface area (Å²) in [6, 6.07) is 25.0. The van der Waals surface area contributed by atoms with E-state index in [2.05, 4.69) is 4.98 Å². The molecule has 0 radical (unpaired) electrons. The van der Waals surface area contributed by atoms with Gasteiger partial charge in [-0.05, 0) is 36.2 Å². The third kappa shape index (κ3) is 2.75. The number of nitrogens with two attached hydrogens (primary N) is 1. The third-order valence-corrected chi connectivity index (χ3v) is 4.59. The Morgan fingerprint density at radius 3 is 2.04 bits per heavy atom. The Labute approximate surface area is 151 Å². The van der Waals surface area contributed by atoms with Crippen LogP contribution < -0.4 is 11.3 Å². The van der Waals surface area contributed by atoms with Crippen molar-refractivity contribution in [2.24, 2.45) is 0 Å². The number of aryl methyl sites for hydroxylation is 1. The zero-order valence-corrected chi connectivity index (χ0v) is 14.5. The molecule has 0 saturated carbocycles. The van der Waals surface area contributed by atoms with Crippen LogP contribution in [0.25, 0.3) is 10.9 Å². The van der Waals surface area contributed by atoms with Gasteiger partial charge in [-0.3, -0.25) is 9.36 Å². The van der Waals surface area contributed by atoms with Gasteiger partial charge >= 0.3 is 0 Å². The molecule has 1 aromatic heterocycles. The lowest BCUT2D eigenvalue weighted by Gasteiger charge is -2.23. The summed E-state index contributed by atoms with van der Waals surface area (Å²) in [6.45, 7) is 1.87. The maximum Gasteiger partial charge on any atom is 0.262 e. The molecule has 1 heterocycles. The molecule has 4 aromatic rings. The minimum absolute atomic E-state index is 0.0856. The summed E-state index contributed by atoms with van der Waals surface area (Å²) in [5.74, 6) is 0.671. The van der Waals surface area contributed by atoms with E-state index in [9.17, 15) is 4.79 Å². The average Bonchev–Trinajstić information content (AvgIpc) is 2.67. The molecule has 4 rings (SSSR count). The van der Waals surface area contributed by atoms with E-state index in [4.69, 9.17) is 5.73 Å². The fourth-order valence-corrected chi connectivity index (χ4v) is 3.39. The number of anilines is 1. The van der Waals surface area contributed by atoms with Crippen LogP contribution in [0.2, 0.25) is 0 Å². The summed E-state index contributed by atoms with van der Waals surface area (Å²) < 4.78 is 1.76. The van der Waals surface area contributed by atoms with Crippen molar-refractivity contribution in [3.8, 4) is 0 Å². The Morgan fingerprint density at radius 2 is 1.46 bits per heavy atom. The molecule has 128 valence electrons. The number of nitrogen functional groups attached to an aromatic ring is 1. The summed E-state index contributed by atoms with van der Waals surface area (Å²) in [6.07, 6.45) is 0. The van der Waals surface area contributed by atoms with Gasteiger partial charge in [0.05, 0.1) is 16.9 Å². The van der Waals surface area contributed by atoms with Crippen LogP contribution in [-0.2, 0) is 0 Å². The smallest absolute Gasteiger partial charge is 0.262 e. The molecule has 0 bridgehead atoms. The van der Waals surface area contributed by atoms with Crippen molar-refractivity contribution < 1.29 is 0 Å². The summed E-state index contributed by atoms with van der Waals surface area (Å²) in [7, 11) is 0. The number of hydrogen-bond donors (Lipinski definition) is 1. The van der Waals surface area contributed by atoms with Gasteiger partial charge in [0.25, 0.3) is 5.56 Å². The number of rotatable bonds is 3. The molecule has 0 spiro atoms. The molecule has 0 unspecified atom stereocenters. The Hall–Kier alpha value is -3.40. The van der Waals surface area contributed by atoms with Crippen molar-refractivity contribution in [1.29, 1.82) is 0 Å². The van der Waals surface area contributed by atoms with Crippen LogP contribution in [0.3, 0.4) is 0 Å². The molecule has 0 amide bonds. The van der Waals surface area contributed by atoms with Gasteiger partial charge in [0.15, 0.2) is 0 Å². The molecular formula is C22H19N3O. The van der Waals surface area contributed by atoms with Crippen LogP contribution in [0.1, 0.15) is 23.0 Å². The maximum absolute atomic E-state index is 13.4. The number of aromatic nitrogens is 2. The second kappa shape index (κ2) is 6.48. The lowest BCUT2D eigenvalue weighted by Crippen LogP contribution is -2.29. The standard InChI is InChI=1S/C22H19N3O/c1-15-24-20-13-12-18(23)14-19(20)22(26)25(15)21(16-8-4-2-5-9-16)17-10-6-3-7-11-17/h2-14,21H,23H2,1H3. The second-order valence-electron chi connectivity index (χ2n) is 6.33.